The summed E-state index contributed by atoms with van der Waals surface area (Å²) in [7, 11) is 0. The number of hydrogen-bond acceptors (Lipinski definition) is 3. The molecule has 1 atom stereocenters. The van der Waals surface area contributed by atoms with Gasteiger partial charge < -0.3 is 14.5 Å². The molecule has 1 unspecified atom stereocenters. The van der Waals surface area contributed by atoms with Crippen molar-refractivity contribution in [2.24, 2.45) is 11.8 Å². The van der Waals surface area contributed by atoms with Crippen LogP contribution in [0.4, 0.5) is 0 Å². The number of piperidine rings is 2. The maximum absolute atomic E-state index is 12.6. The fourth-order valence-corrected chi connectivity index (χ4v) is 3.65. The minimum absolute atomic E-state index is 0.118. The van der Waals surface area contributed by atoms with Gasteiger partial charge in [0.2, 0.25) is 11.8 Å². The van der Waals surface area contributed by atoms with Gasteiger partial charge in [-0.15, -0.1) is 0 Å². The third-order valence-corrected chi connectivity index (χ3v) is 5.05. The predicted octanol–water partition coefficient (Wildman–Crippen LogP) is 2.30. The molecule has 5 heteroatoms. The Labute approximate surface area is 140 Å². The van der Waals surface area contributed by atoms with Crippen LogP contribution in [0.5, 0.6) is 0 Å². The minimum Gasteiger partial charge on any atom is -0.382 e. The maximum atomic E-state index is 12.6. The van der Waals surface area contributed by atoms with Crippen LogP contribution in [0, 0.1) is 11.8 Å². The van der Waals surface area contributed by atoms with Crippen molar-refractivity contribution in [3.05, 3.63) is 0 Å². The van der Waals surface area contributed by atoms with Gasteiger partial charge in [0.05, 0.1) is 0 Å². The molecule has 2 fully saturated rings. The largest absolute Gasteiger partial charge is 0.382 e. The molecule has 132 valence electrons. The molecule has 0 aliphatic carbocycles. The first-order valence-electron chi connectivity index (χ1n) is 9.26. The lowest BCUT2D eigenvalue weighted by molar-refractivity contribution is -0.142. The topological polar surface area (TPSA) is 49.9 Å². The number of carbonyl (C=O) groups excluding carboxylic acids is 2. The monoisotopic (exact) mass is 324 g/mol. The van der Waals surface area contributed by atoms with Crippen LogP contribution in [0.15, 0.2) is 0 Å². The van der Waals surface area contributed by atoms with E-state index in [1.54, 1.807) is 0 Å². The number of hydrogen-bond donors (Lipinski definition) is 0. The van der Waals surface area contributed by atoms with Gasteiger partial charge in [0.25, 0.3) is 0 Å². The summed E-state index contributed by atoms with van der Waals surface area (Å²) in [6, 6.07) is 0. The molecule has 0 saturated carbocycles. The lowest BCUT2D eigenvalue weighted by Gasteiger charge is -2.37. The van der Waals surface area contributed by atoms with E-state index in [4.69, 9.17) is 4.74 Å². The summed E-state index contributed by atoms with van der Waals surface area (Å²) in [4.78, 5) is 28.8. The molecule has 0 spiro atoms. The summed E-state index contributed by atoms with van der Waals surface area (Å²) in [5.74, 6) is 1.27. The number of ether oxygens (including phenoxy) is 1. The van der Waals surface area contributed by atoms with Crippen LogP contribution in [0.3, 0.4) is 0 Å². The smallest absolute Gasteiger partial charge is 0.225 e. The summed E-state index contributed by atoms with van der Waals surface area (Å²) >= 11 is 0. The number of nitrogens with zero attached hydrogens (tertiary/aromatic N) is 2. The zero-order chi connectivity index (χ0) is 16.7. The van der Waals surface area contributed by atoms with Gasteiger partial charge in [-0.2, -0.15) is 0 Å². The van der Waals surface area contributed by atoms with E-state index < -0.39 is 0 Å². The zero-order valence-corrected chi connectivity index (χ0v) is 14.8. The highest BCUT2D eigenvalue weighted by molar-refractivity contribution is 5.80. The van der Waals surface area contributed by atoms with Gasteiger partial charge in [-0.05, 0) is 44.9 Å². The zero-order valence-electron chi connectivity index (χ0n) is 14.8. The van der Waals surface area contributed by atoms with E-state index >= 15 is 0 Å². The average molecular weight is 324 g/mol. The molecular formula is C18H32N2O3. The molecule has 2 amide bonds. The third-order valence-electron chi connectivity index (χ3n) is 5.05. The lowest BCUT2D eigenvalue weighted by Crippen LogP contribution is -2.47. The van der Waals surface area contributed by atoms with Gasteiger partial charge in [0.1, 0.15) is 0 Å². The second-order valence-electron chi connectivity index (χ2n) is 6.99. The van der Waals surface area contributed by atoms with E-state index in [9.17, 15) is 9.59 Å². The van der Waals surface area contributed by atoms with Crippen molar-refractivity contribution in [3.63, 3.8) is 0 Å². The molecule has 2 saturated heterocycles. The Hall–Kier alpha value is -1.10. The first-order valence-corrected chi connectivity index (χ1v) is 9.26. The summed E-state index contributed by atoms with van der Waals surface area (Å²) in [5, 5.41) is 0. The Bertz CT molecular complexity index is 392. The molecule has 0 radical (unpaired) electrons. The van der Waals surface area contributed by atoms with Gasteiger partial charge in [-0.3, -0.25) is 9.59 Å². The van der Waals surface area contributed by atoms with Gasteiger partial charge >= 0.3 is 0 Å². The SMILES string of the molecule is CCOCCCC(=O)N1CCC(C(=O)N2CCCC(C)C2)CC1. The van der Waals surface area contributed by atoms with Crippen molar-refractivity contribution in [1.82, 2.24) is 9.80 Å². The van der Waals surface area contributed by atoms with Crippen LogP contribution in [0.25, 0.3) is 0 Å². The molecule has 23 heavy (non-hydrogen) atoms. The standard InChI is InChI=1S/C18H32N2O3/c1-3-23-13-5-7-17(21)19-11-8-16(9-12-19)18(22)20-10-4-6-15(2)14-20/h15-16H,3-14H2,1-2H3. The van der Waals surface area contributed by atoms with E-state index in [0.717, 1.165) is 51.9 Å². The highest BCUT2D eigenvalue weighted by atomic mass is 16.5. The summed E-state index contributed by atoms with van der Waals surface area (Å²) in [6.07, 6.45) is 5.35. The Morgan fingerprint density at radius 3 is 2.48 bits per heavy atom. The second-order valence-corrected chi connectivity index (χ2v) is 6.99. The molecule has 2 aliphatic rings. The number of carbonyl (C=O) groups is 2. The molecule has 0 aromatic heterocycles. The van der Waals surface area contributed by atoms with Gasteiger partial charge in [-0.25, -0.2) is 0 Å². The Balaban J connectivity index is 1.70. The molecule has 5 nitrogen and oxygen atoms in total. The molecule has 0 aromatic carbocycles. The van der Waals surface area contributed by atoms with E-state index in [0.29, 0.717) is 31.5 Å². The van der Waals surface area contributed by atoms with E-state index in [1.165, 1.54) is 6.42 Å². The minimum atomic E-state index is 0.118. The van der Waals surface area contributed by atoms with Crippen LogP contribution >= 0.6 is 0 Å². The molecule has 2 heterocycles. The number of amides is 2. The highest BCUT2D eigenvalue weighted by Gasteiger charge is 2.31. The second kappa shape index (κ2) is 9.26. The summed E-state index contributed by atoms with van der Waals surface area (Å²) in [5.41, 5.74) is 0. The van der Waals surface area contributed by atoms with Crippen molar-refractivity contribution in [1.29, 1.82) is 0 Å². The molecule has 0 aromatic rings. The van der Waals surface area contributed by atoms with E-state index in [2.05, 4.69) is 11.8 Å². The summed E-state index contributed by atoms with van der Waals surface area (Å²) in [6.45, 7) is 8.84. The van der Waals surface area contributed by atoms with Gasteiger partial charge in [0.15, 0.2) is 0 Å². The highest BCUT2D eigenvalue weighted by Crippen LogP contribution is 2.24. The number of rotatable bonds is 6. The van der Waals surface area contributed by atoms with Crippen LogP contribution in [0.2, 0.25) is 0 Å². The Morgan fingerprint density at radius 1 is 1.09 bits per heavy atom. The van der Waals surface area contributed by atoms with Crippen molar-refractivity contribution >= 4 is 11.8 Å². The lowest BCUT2D eigenvalue weighted by atomic mass is 9.92. The van der Waals surface area contributed by atoms with Crippen molar-refractivity contribution in [2.75, 3.05) is 39.4 Å². The fourth-order valence-electron chi connectivity index (χ4n) is 3.65. The first-order chi connectivity index (χ1) is 11.1. The average Bonchev–Trinajstić information content (AvgIpc) is 2.58. The Kier molecular flexibility index (Phi) is 7.34. The normalized spacial score (nSPS) is 23.1. The van der Waals surface area contributed by atoms with Crippen molar-refractivity contribution in [3.8, 4) is 0 Å². The molecule has 2 rings (SSSR count). The van der Waals surface area contributed by atoms with Crippen LogP contribution in [-0.2, 0) is 14.3 Å². The quantitative estimate of drug-likeness (QED) is 0.705. The first kappa shape index (κ1) is 18.2. The van der Waals surface area contributed by atoms with Crippen molar-refractivity contribution in [2.45, 2.75) is 52.4 Å². The van der Waals surface area contributed by atoms with Gasteiger partial charge in [0, 0.05) is 51.7 Å². The third kappa shape index (κ3) is 5.48. The molecule has 2 aliphatic heterocycles. The van der Waals surface area contributed by atoms with Crippen LogP contribution < -0.4 is 0 Å². The molecule has 0 bridgehead atoms. The fraction of sp³-hybridized carbons (Fsp3) is 0.889. The van der Waals surface area contributed by atoms with Crippen LogP contribution in [-0.4, -0.2) is 61.0 Å². The summed E-state index contributed by atoms with van der Waals surface area (Å²) < 4.78 is 5.27. The molecule has 0 N–H and O–H groups in total. The van der Waals surface area contributed by atoms with Crippen LogP contribution in [0.1, 0.15) is 52.4 Å². The van der Waals surface area contributed by atoms with E-state index in [1.807, 2.05) is 11.8 Å². The maximum Gasteiger partial charge on any atom is 0.225 e. The van der Waals surface area contributed by atoms with E-state index in [-0.39, 0.29) is 11.8 Å². The molecular weight excluding hydrogens is 292 g/mol. The number of likely N-dealkylation sites (tertiary alicyclic amines) is 2. The Morgan fingerprint density at radius 2 is 1.83 bits per heavy atom. The predicted molar refractivity (Wildman–Crippen MR) is 90.0 cm³/mol. The van der Waals surface area contributed by atoms with Crippen molar-refractivity contribution < 1.29 is 14.3 Å². The van der Waals surface area contributed by atoms with Gasteiger partial charge in [-0.1, -0.05) is 6.92 Å².